The summed E-state index contributed by atoms with van der Waals surface area (Å²) in [5.41, 5.74) is 0. The summed E-state index contributed by atoms with van der Waals surface area (Å²) in [6.07, 6.45) is 0.00184. The number of carboxylic acids is 1. The van der Waals surface area contributed by atoms with E-state index in [1.54, 1.807) is 13.8 Å². The van der Waals surface area contributed by atoms with E-state index in [0.717, 1.165) is 0 Å². The van der Waals surface area contributed by atoms with E-state index < -0.39 is 5.97 Å². The number of hydrogen-bond acceptors (Lipinski definition) is 3. The van der Waals surface area contributed by atoms with Gasteiger partial charge in [0.15, 0.2) is 0 Å². The molecule has 3 N–H and O–H groups in total. The minimum absolute atomic E-state index is 0.00184. The van der Waals surface area contributed by atoms with Crippen molar-refractivity contribution in [3.63, 3.8) is 0 Å². The van der Waals surface area contributed by atoms with Crippen LogP contribution in [0.5, 0.6) is 0 Å². The van der Waals surface area contributed by atoms with Crippen LogP contribution in [-0.4, -0.2) is 54.6 Å². The summed E-state index contributed by atoms with van der Waals surface area (Å²) in [5, 5.41) is 13.6. The van der Waals surface area contributed by atoms with Crippen LogP contribution in [-0.2, 0) is 9.59 Å². The Morgan fingerprint density at radius 1 is 1.33 bits per heavy atom. The van der Waals surface area contributed by atoms with Crippen molar-refractivity contribution in [1.82, 2.24) is 15.5 Å². The first kappa shape index (κ1) is 16.2. The highest BCUT2D eigenvalue weighted by atomic mass is 16.4. The maximum absolute atomic E-state index is 11.7. The van der Waals surface area contributed by atoms with Gasteiger partial charge >= 0.3 is 12.0 Å². The van der Waals surface area contributed by atoms with E-state index in [0.29, 0.717) is 6.54 Å². The molecule has 7 heteroatoms. The molecule has 0 saturated carbocycles. The van der Waals surface area contributed by atoms with Gasteiger partial charge in [0, 0.05) is 26.6 Å². The molecule has 0 spiro atoms. The molecule has 1 unspecified atom stereocenters. The molecule has 0 heterocycles. The zero-order chi connectivity index (χ0) is 14.1. The summed E-state index contributed by atoms with van der Waals surface area (Å²) in [6.45, 7) is 4.18. The highest BCUT2D eigenvalue weighted by molar-refractivity contribution is 5.83. The molecule has 0 bridgehead atoms. The molecule has 0 aliphatic carbocycles. The van der Waals surface area contributed by atoms with Crippen LogP contribution in [0.25, 0.3) is 0 Å². The summed E-state index contributed by atoms with van der Waals surface area (Å²) < 4.78 is 0. The Kier molecular flexibility index (Phi) is 7.50. The van der Waals surface area contributed by atoms with Crippen LogP contribution in [0, 0.1) is 5.92 Å². The predicted octanol–water partition coefficient (Wildman–Crippen LogP) is -0.125. The second-order valence-electron chi connectivity index (χ2n) is 4.08. The van der Waals surface area contributed by atoms with Gasteiger partial charge in [0.2, 0.25) is 5.91 Å². The minimum atomic E-state index is -0.894. The van der Waals surface area contributed by atoms with Gasteiger partial charge in [-0.05, 0) is 12.8 Å². The fourth-order valence-corrected chi connectivity index (χ4v) is 1.32. The van der Waals surface area contributed by atoms with Gasteiger partial charge < -0.3 is 20.6 Å². The van der Waals surface area contributed by atoms with Gasteiger partial charge in [-0.2, -0.15) is 0 Å². The largest absolute Gasteiger partial charge is 0.481 e. The average molecular weight is 259 g/mol. The van der Waals surface area contributed by atoms with Gasteiger partial charge in [-0.1, -0.05) is 6.92 Å². The number of rotatable bonds is 7. The van der Waals surface area contributed by atoms with Gasteiger partial charge in [0.25, 0.3) is 0 Å². The summed E-state index contributed by atoms with van der Waals surface area (Å²) in [4.78, 5) is 34.7. The molecule has 0 aliphatic heterocycles. The number of nitrogens with one attached hydrogen (secondary N) is 2. The smallest absolute Gasteiger partial charge is 0.317 e. The van der Waals surface area contributed by atoms with Crippen LogP contribution >= 0.6 is 0 Å². The van der Waals surface area contributed by atoms with Gasteiger partial charge in [-0.3, -0.25) is 9.59 Å². The van der Waals surface area contributed by atoms with Crippen molar-refractivity contribution in [1.29, 1.82) is 0 Å². The van der Waals surface area contributed by atoms with Crippen molar-refractivity contribution in [2.24, 2.45) is 5.92 Å². The van der Waals surface area contributed by atoms with E-state index in [1.807, 2.05) is 0 Å². The van der Waals surface area contributed by atoms with E-state index in [2.05, 4.69) is 10.6 Å². The number of carboxylic acid groups (broad SMARTS) is 1. The van der Waals surface area contributed by atoms with Gasteiger partial charge in [-0.15, -0.1) is 0 Å². The number of urea groups is 1. The highest BCUT2D eigenvalue weighted by Crippen LogP contribution is 2.00. The monoisotopic (exact) mass is 259 g/mol. The maximum Gasteiger partial charge on any atom is 0.317 e. The quantitative estimate of drug-likeness (QED) is 0.593. The first-order valence-electron chi connectivity index (χ1n) is 5.85. The Morgan fingerprint density at radius 3 is 2.39 bits per heavy atom. The topological polar surface area (TPSA) is 98.7 Å². The molecule has 0 aromatic rings. The van der Waals surface area contributed by atoms with Crippen molar-refractivity contribution < 1.29 is 19.5 Å². The third-order valence-electron chi connectivity index (χ3n) is 2.41. The lowest BCUT2D eigenvalue weighted by molar-refractivity contribution is -0.137. The maximum atomic E-state index is 11.7. The fourth-order valence-electron chi connectivity index (χ4n) is 1.32. The van der Waals surface area contributed by atoms with Crippen molar-refractivity contribution in [2.75, 3.05) is 26.7 Å². The zero-order valence-corrected chi connectivity index (χ0v) is 11.0. The molecule has 0 aromatic heterocycles. The van der Waals surface area contributed by atoms with Gasteiger partial charge in [0.05, 0.1) is 0 Å². The molecular formula is C11H21N3O4. The number of carbonyl (C=O) groups is 3. The summed E-state index contributed by atoms with van der Waals surface area (Å²) >= 11 is 0. The Labute approximate surface area is 107 Å². The Bertz CT molecular complexity index is 307. The van der Waals surface area contributed by atoms with Crippen LogP contribution in [0.15, 0.2) is 0 Å². The number of carbonyl (C=O) groups excluding carboxylic acids is 2. The van der Waals surface area contributed by atoms with E-state index in [1.165, 1.54) is 11.9 Å². The van der Waals surface area contributed by atoms with Crippen LogP contribution in [0.1, 0.15) is 20.3 Å². The molecule has 0 aliphatic rings. The lowest BCUT2D eigenvalue weighted by atomic mass is 10.1. The third-order valence-corrected chi connectivity index (χ3v) is 2.41. The average Bonchev–Trinajstić information content (AvgIpc) is 2.31. The van der Waals surface area contributed by atoms with Crippen LogP contribution in [0.3, 0.4) is 0 Å². The zero-order valence-electron chi connectivity index (χ0n) is 11.0. The number of aliphatic carboxylic acids is 1. The molecule has 0 saturated heterocycles. The van der Waals surface area contributed by atoms with E-state index in [4.69, 9.17) is 5.11 Å². The standard InChI is InChI=1S/C11H21N3O4/c1-4-14(7-9(15)12-3)11(18)13-6-8(2)5-10(16)17/h8H,4-7H2,1-3H3,(H,12,15)(H,13,18)(H,16,17). The molecule has 3 amide bonds. The van der Waals surface area contributed by atoms with Gasteiger partial charge in [-0.25, -0.2) is 4.79 Å². The van der Waals surface area contributed by atoms with Crippen LogP contribution < -0.4 is 10.6 Å². The SMILES string of the molecule is CCN(CC(=O)NC)C(=O)NCC(C)CC(=O)O. The van der Waals surface area contributed by atoms with Gasteiger partial charge in [0.1, 0.15) is 6.54 Å². The molecule has 0 fully saturated rings. The lowest BCUT2D eigenvalue weighted by Gasteiger charge is -2.21. The Balaban J connectivity index is 4.11. The molecule has 7 nitrogen and oxygen atoms in total. The van der Waals surface area contributed by atoms with Crippen molar-refractivity contribution >= 4 is 17.9 Å². The Morgan fingerprint density at radius 2 is 1.94 bits per heavy atom. The van der Waals surface area contributed by atoms with Crippen LogP contribution in [0.2, 0.25) is 0 Å². The summed E-state index contributed by atoms with van der Waals surface area (Å²) in [6, 6.07) is -0.363. The highest BCUT2D eigenvalue weighted by Gasteiger charge is 2.15. The van der Waals surface area contributed by atoms with E-state index >= 15 is 0 Å². The lowest BCUT2D eigenvalue weighted by Crippen LogP contribution is -2.45. The third kappa shape index (κ3) is 6.72. The van der Waals surface area contributed by atoms with Crippen molar-refractivity contribution in [3.05, 3.63) is 0 Å². The first-order valence-corrected chi connectivity index (χ1v) is 5.85. The fraction of sp³-hybridized carbons (Fsp3) is 0.727. The molecule has 104 valence electrons. The first-order chi connectivity index (χ1) is 8.40. The number of hydrogen-bond donors (Lipinski definition) is 3. The molecular weight excluding hydrogens is 238 g/mol. The second kappa shape index (κ2) is 8.32. The summed E-state index contributed by atoms with van der Waals surface area (Å²) in [5.74, 6) is -1.29. The minimum Gasteiger partial charge on any atom is -0.481 e. The van der Waals surface area contributed by atoms with Crippen molar-refractivity contribution in [2.45, 2.75) is 20.3 Å². The number of likely N-dealkylation sites (N-methyl/N-ethyl adjacent to an activating group) is 2. The number of nitrogens with zero attached hydrogens (tertiary/aromatic N) is 1. The van der Waals surface area contributed by atoms with E-state index in [9.17, 15) is 14.4 Å². The molecule has 1 atom stereocenters. The molecule has 0 rings (SSSR count). The van der Waals surface area contributed by atoms with E-state index in [-0.39, 0.29) is 37.4 Å². The van der Waals surface area contributed by atoms with Crippen molar-refractivity contribution in [3.8, 4) is 0 Å². The Hall–Kier alpha value is -1.79. The normalized spacial score (nSPS) is 11.5. The number of amides is 3. The second-order valence-corrected chi connectivity index (χ2v) is 4.08. The molecule has 0 aromatic carbocycles. The molecule has 0 radical (unpaired) electrons. The summed E-state index contributed by atoms with van der Waals surface area (Å²) in [7, 11) is 1.50. The predicted molar refractivity (Wildman–Crippen MR) is 66.1 cm³/mol. The molecule has 18 heavy (non-hydrogen) atoms. The van der Waals surface area contributed by atoms with Crippen LogP contribution in [0.4, 0.5) is 4.79 Å².